The summed E-state index contributed by atoms with van der Waals surface area (Å²) < 4.78 is 0. The van der Waals surface area contributed by atoms with Crippen molar-refractivity contribution in [1.29, 1.82) is 5.26 Å². The van der Waals surface area contributed by atoms with Crippen molar-refractivity contribution in [3.8, 4) is 6.07 Å². The number of likely N-dealkylation sites (tertiary alicyclic amines) is 1. The molecule has 0 saturated carbocycles. The van der Waals surface area contributed by atoms with Crippen molar-refractivity contribution in [2.75, 3.05) is 20.1 Å². The first kappa shape index (κ1) is 8.55. The monoisotopic (exact) mass is 152 g/mol. The van der Waals surface area contributed by atoms with E-state index in [9.17, 15) is 0 Å². The first-order valence-electron chi connectivity index (χ1n) is 4.16. The number of nitrogens with zero attached hydrogens (tertiary/aromatic N) is 2. The van der Waals surface area contributed by atoms with Crippen LogP contribution in [0.15, 0.2) is 0 Å². The summed E-state index contributed by atoms with van der Waals surface area (Å²) in [4.78, 5) is 2.30. The quantitative estimate of drug-likeness (QED) is 0.569. The highest BCUT2D eigenvalue weighted by atomic mass is 15.1. The van der Waals surface area contributed by atoms with Crippen LogP contribution in [0.3, 0.4) is 0 Å². The molecule has 0 bridgehead atoms. The van der Waals surface area contributed by atoms with Gasteiger partial charge in [0.1, 0.15) is 0 Å². The maximum absolute atomic E-state index is 8.87. The van der Waals surface area contributed by atoms with Crippen LogP contribution in [0.25, 0.3) is 0 Å². The molecule has 1 fully saturated rings. The summed E-state index contributed by atoms with van der Waals surface area (Å²) >= 11 is 0. The molecular weight excluding hydrogens is 136 g/mol. The highest BCUT2D eigenvalue weighted by Gasteiger charge is 2.33. The molecule has 0 radical (unpaired) electrons. The minimum absolute atomic E-state index is 0.134. The Morgan fingerprint density at radius 2 is 2.18 bits per heavy atom. The summed E-state index contributed by atoms with van der Waals surface area (Å²) in [6, 6.07) is 2.38. The second kappa shape index (κ2) is 2.83. The van der Waals surface area contributed by atoms with Crippen LogP contribution < -0.4 is 0 Å². The first-order valence-corrected chi connectivity index (χ1v) is 4.16. The van der Waals surface area contributed by atoms with Crippen LogP contribution >= 0.6 is 0 Å². The topological polar surface area (TPSA) is 27.0 Å². The molecule has 1 aliphatic rings. The summed E-state index contributed by atoms with van der Waals surface area (Å²) in [5.74, 6) is 0.567. The Morgan fingerprint density at radius 3 is 2.55 bits per heavy atom. The SMILES string of the molecule is CN1CCC(C(C)(C)C#N)C1. The van der Waals surface area contributed by atoms with Crippen LogP contribution in [-0.4, -0.2) is 25.0 Å². The lowest BCUT2D eigenvalue weighted by Gasteiger charge is -2.23. The van der Waals surface area contributed by atoms with E-state index < -0.39 is 0 Å². The van der Waals surface area contributed by atoms with Gasteiger partial charge in [-0.2, -0.15) is 5.26 Å². The summed E-state index contributed by atoms with van der Waals surface area (Å²) in [5, 5.41) is 8.87. The van der Waals surface area contributed by atoms with Gasteiger partial charge in [0.05, 0.1) is 11.5 Å². The maximum Gasteiger partial charge on any atom is 0.0687 e. The third kappa shape index (κ3) is 1.72. The molecule has 11 heavy (non-hydrogen) atoms. The van der Waals surface area contributed by atoms with Gasteiger partial charge in [0.25, 0.3) is 0 Å². The largest absolute Gasteiger partial charge is 0.306 e. The van der Waals surface area contributed by atoms with E-state index in [0.717, 1.165) is 13.1 Å². The molecule has 0 aromatic carbocycles. The Kier molecular flexibility index (Phi) is 2.20. The standard InChI is InChI=1S/C9H16N2/c1-9(2,7-10)8-4-5-11(3)6-8/h8H,4-6H2,1-3H3. The van der Waals surface area contributed by atoms with Crippen LogP contribution in [0, 0.1) is 22.7 Å². The Hall–Kier alpha value is -0.550. The second-order valence-electron chi connectivity index (χ2n) is 4.08. The van der Waals surface area contributed by atoms with Crippen molar-refractivity contribution in [3.05, 3.63) is 0 Å². The Morgan fingerprint density at radius 1 is 1.55 bits per heavy atom. The van der Waals surface area contributed by atoms with Gasteiger partial charge < -0.3 is 4.90 Å². The highest BCUT2D eigenvalue weighted by Crippen LogP contribution is 2.32. The summed E-state index contributed by atoms with van der Waals surface area (Å²) in [5.41, 5.74) is -0.134. The van der Waals surface area contributed by atoms with Gasteiger partial charge in [0.15, 0.2) is 0 Å². The zero-order chi connectivity index (χ0) is 8.48. The molecule has 2 heteroatoms. The van der Waals surface area contributed by atoms with Crippen molar-refractivity contribution >= 4 is 0 Å². The van der Waals surface area contributed by atoms with E-state index in [1.165, 1.54) is 6.42 Å². The van der Waals surface area contributed by atoms with Crippen molar-refractivity contribution in [3.63, 3.8) is 0 Å². The van der Waals surface area contributed by atoms with E-state index in [1.807, 2.05) is 13.8 Å². The predicted octanol–water partition coefficient (Wildman–Crippen LogP) is 1.49. The molecule has 1 saturated heterocycles. The van der Waals surface area contributed by atoms with Crippen molar-refractivity contribution in [2.45, 2.75) is 20.3 Å². The molecule has 0 amide bonds. The predicted molar refractivity (Wildman–Crippen MR) is 45.0 cm³/mol. The number of hydrogen-bond acceptors (Lipinski definition) is 2. The van der Waals surface area contributed by atoms with Gasteiger partial charge in [-0.05, 0) is 39.8 Å². The normalized spacial score (nSPS) is 26.9. The molecule has 62 valence electrons. The third-order valence-electron chi connectivity index (χ3n) is 2.70. The van der Waals surface area contributed by atoms with Gasteiger partial charge in [-0.3, -0.25) is 0 Å². The summed E-state index contributed by atoms with van der Waals surface area (Å²) in [6.07, 6.45) is 1.18. The van der Waals surface area contributed by atoms with Crippen molar-refractivity contribution < 1.29 is 0 Å². The molecular formula is C9H16N2. The number of nitriles is 1. The fourth-order valence-corrected chi connectivity index (χ4v) is 1.62. The number of hydrogen-bond donors (Lipinski definition) is 0. The Bertz CT molecular complexity index is 178. The van der Waals surface area contributed by atoms with E-state index in [2.05, 4.69) is 18.0 Å². The third-order valence-corrected chi connectivity index (χ3v) is 2.70. The lowest BCUT2D eigenvalue weighted by molar-refractivity contribution is 0.287. The molecule has 1 atom stereocenters. The molecule has 1 heterocycles. The van der Waals surface area contributed by atoms with Crippen LogP contribution in [0.5, 0.6) is 0 Å². The van der Waals surface area contributed by atoms with Crippen molar-refractivity contribution in [2.24, 2.45) is 11.3 Å². The molecule has 0 aromatic heterocycles. The van der Waals surface area contributed by atoms with E-state index in [-0.39, 0.29) is 5.41 Å². The van der Waals surface area contributed by atoms with Gasteiger partial charge in [-0.1, -0.05) is 0 Å². The van der Waals surface area contributed by atoms with Gasteiger partial charge >= 0.3 is 0 Å². The van der Waals surface area contributed by atoms with E-state index in [0.29, 0.717) is 5.92 Å². The fraction of sp³-hybridized carbons (Fsp3) is 0.889. The zero-order valence-corrected chi connectivity index (χ0v) is 7.59. The Balaban J connectivity index is 2.57. The highest BCUT2D eigenvalue weighted by molar-refractivity contribution is 4.99. The van der Waals surface area contributed by atoms with E-state index in [1.54, 1.807) is 0 Å². The average molecular weight is 152 g/mol. The smallest absolute Gasteiger partial charge is 0.0687 e. The zero-order valence-electron chi connectivity index (χ0n) is 7.59. The van der Waals surface area contributed by atoms with Crippen LogP contribution in [-0.2, 0) is 0 Å². The minimum Gasteiger partial charge on any atom is -0.306 e. The molecule has 0 aromatic rings. The average Bonchev–Trinajstić information content (AvgIpc) is 2.36. The van der Waals surface area contributed by atoms with Crippen molar-refractivity contribution in [1.82, 2.24) is 4.90 Å². The van der Waals surface area contributed by atoms with Gasteiger partial charge in [0, 0.05) is 6.54 Å². The molecule has 2 nitrogen and oxygen atoms in total. The van der Waals surface area contributed by atoms with Gasteiger partial charge in [0.2, 0.25) is 0 Å². The van der Waals surface area contributed by atoms with Gasteiger partial charge in [-0.15, -0.1) is 0 Å². The minimum atomic E-state index is -0.134. The van der Waals surface area contributed by atoms with E-state index in [4.69, 9.17) is 5.26 Å². The number of rotatable bonds is 1. The fourth-order valence-electron chi connectivity index (χ4n) is 1.62. The van der Waals surface area contributed by atoms with E-state index >= 15 is 0 Å². The molecule has 0 aliphatic carbocycles. The van der Waals surface area contributed by atoms with Crippen LogP contribution in [0.4, 0.5) is 0 Å². The van der Waals surface area contributed by atoms with Gasteiger partial charge in [-0.25, -0.2) is 0 Å². The molecule has 0 spiro atoms. The lowest BCUT2D eigenvalue weighted by atomic mass is 9.80. The van der Waals surface area contributed by atoms with Crippen LogP contribution in [0.1, 0.15) is 20.3 Å². The molecule has 1 rings (SSSR count). The first-order chi connectivity index (χ1) is 5.06. The summed E-state index contributed by atoms with van der Waals surface area (Å²) in [6.45, 7) is 6.31. The molecule has 0 N–H and O–H groups in total. The summed E-state index contributed by atoms with van der Waals surface area (Å²) in [7, 11) is 2.12. The lowest BCUT2D eigenvalue weighted by Crippen LogP contribution is -2.25. The molecule has 1 unspecified atom stereocenters. The Labute approximate surface area is 68.8 Å². The molecule has 1 aliphatic heterocycles. The second-order valence-corrected chi connectivity index (χ2v) is 4.08. The van der Waals surface area contributed by atoms with Crippen LogP contribution in [0.2, 0.25) is 0 Å². The maximum atomic E-state index is 8.87.